The SMILES string of the molecule is [2H][C@@]1(O)C=Cc2ncccc2[C@@]1([2H])O. The molecule has 0 fully saturated rings. The predicted molar refractivity (Wildman–Crippen MR) is 44.2 cm³/mol. The van der Waals surface area contributed by atoms with Crippen LogP contribution in [-0.2, 0) is 0 Å². The van der Waals surface area contributed by atoms with Crippen molar-refractivity contribution < 1.29 is 13.0 Å². The first-order chi connectivity index (χ1) is 6.45. The minimum Gasteiger partial charge on any atom is -0.386 e. The third-order valence-corrected chi connectivity index (χ3v) is 1.74. The van der Waals surface area contributed by atoms with Crippen molar-refractivity contribution in [2.45, 2.75) is 12.2 Å². The molecule has 0 saturated carbocycles. The number of nitrogens with zero attached hydrogens (tertiary/aromatic N) is 1. The zero-order valence-corrected chi connectivity index (χ0v) is 6.23. The van der Waals surface area contributed by atoms with E-state index in [1.165, 1.54) is 18.3 Å². The van der Waals surface area contributed by atoms with E-state index in [0.29, 0.717) is 5.69 Å². The Hall–Kier alpha value is -1.19. The number of rotatable bonds is 0. The molecule has 62 valence electrons. The Balaban J connectivity index is 2.66. The smallest absolute Gasteiger partial charge is 0.111 e. The Bertz CT molecular complexity index is 402. The lowest BCUT2D eigenvalue weighted by molar-refractivity contribution is 0.0467. The van der Waals surface area contributed by atoms with Crippen molar-refractivity contribution in [2.75, 3.05) is 0 Å². The van der Waals surface area contributed by atoms with Gasteiger partial charge in [-0.1, -0.05) is 12.1 Å². The van der Waals surface area contributed by atoms with Gasteiger partial charge in [-0.15, -0.1) is 0 Å². The molecule has 0 aromatic carbocycles. The van der Waals surface area contributed by atoms with Gasteiger partial charge in [0.1, 0.15) is 12.2 Å². The molecule has 0 aliphatic heterocycles. The van der Waals surface area contributed by atoms with E-state index in [4.69, 9.17) is 2.74 Å². The monoisotopic (exact) mass is 165 g/mol. The predicted octanol–water partition coefficient (Wildman–Crippen LogP) is 0.503. The molecule has 12 heavy (non-hydrogen) atoms. The molecule has 0 unspecified atom stereocenters. The number of fused-ring (bicyclic) bond motifs is 1. The quantitative estimate of drug-likeness (QED) is 0.588. The van der Waals surface area contributed by atoms with Crippen LogP contribution < -0.4 is 0 Å². The third kappa shape index (κ3) is 1.03. The van der Waals surface area contributed by atoms with Gasteiger partial charge in [0.15, 0.2) is 0 Å². The zero-order valence-electron chi connectivity index (χ0n) is 8.23. The van der Waals surface area contributed by atoms with Crippen molar-refractivity contribution in [1.82, 2.24) is 4.98 Å². The van der Waals surface area contributed by atoms with Crippen molar-refractivity contribution in [3.8, 4) is 0 Å². The number of hydrogen-bond acceptors (Lipinski definition) is 3. The highest BCUT2D eigenvalue weighted by Crippen LogP contribution is 2.25. The van der Waals surface area contributed by atoms with Crippen molar-refractivity contribution in [2.24, 2.45) is 0 Å². The maximum absolute atomic E-state index is 9.69. The Morgan fingerprint density at radius 3 is 3.17 bits per heavy atom. The molecule has 2 rings (SSSR count). The van der Waals surface area contributed by atoms with Crippen LogP contribution in [0.3, 0.4) is 0 Å². The van der Waals surface area contributed by atoms with Gasteiger partial charge in [0, 0.05) is 11.8 Å². The van der Waals surface area contributed by atoms with E-state index in [0.717, 1.165) is 6.08 Å². The second-order valence-corrected chi connectivity index (χ2v) is 2.50. The van der Waals surface area contributed by atoms with Crippen LogP contribution in [-0.4, -0.2) is 21.3 Å². The Morgan fingerprint density at radius 1 is 1.50 bits per heavy atom. The highest BCUT2D eigenvalue weighted by Gasteiger charge is 2.21. The summed E-state index contributed by atoms with van der Waals surface area (Å²) in [5, 5.41) is 19.2. The molecule has 1 aliphatic carbocycles. The summed E-state index contributed by atoms with van der Waals surface area (Å²) in [5.74, 6) is 0. The minimum atomic E-state index is -2.37. The van der Waals surface area contributed by atoms with Crippen LogP contribution in [0.15, 0.2) is 24.4 Å². The van der Waals surface area contributed by atoms with Gasteiger partial charge in [-0.3, -0.25) is 4.98 Å². The van der Waals surface area contributed by atoms with Crippen molar-refractivity contribution in [3.05, 3.63) is 35.7 Å². The average molecular weight is 165 g/mol. The van der Waals surface area contributed by atoms with Crippen LogP contribution in [0.5, 0.6) is 0 Å². The first-order valence-corrected chi connectivity index (χ1v) is 3.55. The summed E-state index contributed by atoms with van der Waals surface area (Å²) >= 11 is 0. The lowest BCUT2D eigenvalue weighted by atomic mass is 9.97. The van der Waals surface area contributed by atoms with E-state index in [-0.39, 0.29) is 5.56 Å². The first kappa shape index (κ1) is 5.45. The van der Waals surface area contributed by atoms with E-state index >= 15 is 0 Å². The van der Waals surface area contributed by atoms with Gasteiger partial charge >= 0.3 is 0 Å². The topological polar surface area (TPSA) is 53.4 Å². The molecule has 1 aromatic rings. The maximum atomic E-state index is 9.69. The van der Waals surface area contributed by atoms with Crippen LogP contribution in [0.1, 0.15) is 20.1 Å². The molecule has 1 aromatic heterocycles. The van der Waals surface area contributed by atoms with Crippen LogP contribution in [0, 0.1) is 0 Å². The van der Waals surface area contributed by atoms with Gasteiger partial charge < -0.3 is 10.2 Å². The Kier molecular flexibility index (Phi) is 1.22. The lowest BCUT2D eigenvalue weighted by Crippen LogP contribution is -2.19. The molecule has 2 atom stereocenters. The summed E-state index contributed by atoms with van der Waals surface area (Å²) in [6.07, 6.45) is -0.706. The van der Waals surface area contributed by atoms with Crippen molar-refractivity contribution >= 4 is 6.08 Å². The molecule has 1 aliphatic rings. The van der Waals surface area contributed by atoms with E-state index in [1.807, 2.05) is 0 Å². The largest absolute Gasteiger partial charge is 0.386 e. The summed E-state index contributed by atoms with van der Waals surface area (Å²) in [5.41, 5.74) is 0.543. The second-order valence-electron chi connectivity index (χ2n) is 2.50. The summed E-state index contributed by atoms with van der Waals surface area (Å²) in [6, 6.07) is 3.02. The van der Waals surface area contributed by atoms with E-state index in [2.05, 4.69) is 4.98 Å². The third-order valence-electron chi connectivity index (χ3n) is 1.74. The van der Waals surface area contributed by atoms with Crippen LogP contribution >= 0.6 is 0 Å². The van der Waals surface area contributed by atoms with Gasteiger partial charge in [0.2, 0.25) is 0 Å². The molecule has 1 heterocycles. The molecule has 2 N–H and O–H groups in total. The molecule has 0 spiro atoms. The van der Waals surface area contributed by atoms with Crippen LogP contribution in [0.4, 0.5) is 0 Å². The number of pyridine rings is 1. The first-order valence-electron chi connectivity index (χ1n) is 4.55. The fourth-order valence-corrected chi connectivity index (χ4v) is 1.13. The van der Waals surface area contributed by atoms with Crippen molar-refractivity contribution in [1.29, 1.82) is 0 Å². The molecular formula is C9H9NO2. The average Bonchev–Trinajstić information content (AvgIpc) is 2.13. The lowest BCUT2D eigenvalue weighted by Gasteiger charge is -2.20. The standard InChI is InChI=1S/C9H9NO2/c11-8-4-3-7-6(9(8)12)2-1-5-10-7/h1-5,8-9,11-12H/t8-,9-/m1/s1/i8D,9D. The molecular weight excluding hydrogens is 154 g/mol. The molecule has 0 radical (unpaired) electrons. The van der Waals surface area contributed by atoms with Gasteiger partial charge in [-0.25, -0.2) is 0 Å². The summed E-state index contributed by atoms with van der Waals surface area (Å²) in [6.45, 7) is 0. The Labute approximate surface area is 72.8 Å². The van der Waals surface area contributed by atoms with Crippen LogP contribution in [0.25, 0.3) is 6.08 Å². The van der Waals surface area contributed by atoms with E-state index in [9.17, 15) is 10.2 Å². The van der Waals surface area contributed by atoms with Gasteiger partial charge in [0.25, 0.3) is 0 Å². The zero-order chi connectivity index (χ0) is 10.4. The summed E-state index contributed by atoms with van der Waals surface area (Å²) in [4.78, 5) is 3.92. The molecule has 0 bridgehead atoms. The van der Waals surface area contributed by atoms with Crippen molar-refractivity contribution in [3.63, 3.8) is 0 Å². The highest BCUT2D eigenvalue weighted by atomic mass is 16.3. The highest BCUT2D eigenvalue weighted by molar-refractivity contribution is 5.54. The normalized spacial score (nSPS) is 41.5. The van der Waals surface area contributed by atoms with Gasteiger partial charge in [-0.2, -0.15) is 0 Å². The molecule has 3 heteroatoms. The maximum Gasteiger partial charge on any atom is 0.111 e. The summed E-state index contributed by atoms with van der Waals surface area (Å²) in [7, 11) is 0. The van der Waals surface area contributed by atoms with Gasteiger partial charge in [-0.05, 0) is 12.1 Å². The van der Waals surface area contributed by atoms with Gasteiger partial charge in [0.05, 0.1) is 8.44 Å². The molecule has 0 saturated heterocycles. The minimum absolute atomic E-state index is 0.139. The second kappa shape index (κ2) is 2.69. The number of hydrogen-bond donors (Lipinski definition) is 2. The summed E-state index contributed by atoms with van der Waals surface area (Å²) < 4.78 is 14.9. The number of aliphatic hydroxyl groups is 2. The Morgan fingerprint density at radius 2 is 2.33 bits per heavy atom. The number of aromatic nitrogens is 1. The fourth-order valence-electron chi connectivity index (χ4n) is 1.13. The van der Waals surface area contributed by atoms with E-state index < -0.39 is 12.2 Å². The molecule has 3 nitrogen and oxygen atoms in total. The fraction of sp³-hybridized carbons (Fsp3) is 0.222. The molecule has 0 amide bonds. The van der Waals surface area contributed by atoms with E-state index in [1.54, 1.807) is 6.07 Å². The van der Waals surface area contributed by atoms with Crippen LogP contribution in [0.2, 0.25) is 0 Å².